The average Bonchev–Trinajstić information content (AvgIpc) is 3.08. The first kappa shape index (κ1) is 21.8. The largest absolute Gasteiger partial charge is 0.489 e. The molecule has 0 unspecified atom stereocenters. The lowest BCUT2D eigenvalue weighted by molar-refractivity contribution is -0.122. The Morgan fingerprint density at radius 3 is 2.63 bits per heavy atom. The van der Waals surface area contributed by atoms with Gasteiger partial charge in [0.15, 0.2) is 0 Å². The number of aryl methyl sites for hydroxylation is 2. The summed E-state index contributed by atoms with van der Waals surface area (Å²) in [4.78, 5) is 28.7. The predicted molar refractivity (Wildman–Crippen MR) is 112 cm³/mol. The molecule has 30 heavy (non-hydrogen) atoms. The number of hydrogen-bond acceptors (Lipinski definition) is 6. The van der Waals surface area contributed by atoms with Crippen molar-refractivity contribution in [3.8, 4) is 5.75 Å². The summed E-state index contributed by atoms with van der Waals surface area (Å²) < 4.78 is 11.0. The Hall–Kier alpha value is -2.87. The van der Waals surface area contributed by atoms with Gasteiger partial charge < -0.3 is 19.5 Å². The summed E-state index contributed by atoms with van der Waals surface area (Å²) in [7, 11) is 0. The van der Waals surface area contributed by atoms with Crippen molar-refractivity contribution in [2.45, 2.75) is 33.8 Å². The highest BCUT2D eigenvalue weighted by Gasteiger charge is 2.23. The molecule has 0 aliphatic carbocycles. The molecule has 1 fully saturated rings. The highest BCUT2D eigenvalue weighted by molar-refractivity contribution is 5.94. The van der Waals surface area contributed by atoms with Crippen LogP contribution < -0.4 is 10.1 Å². The lowest BCUT2D eigenvalue weighted by Crippen LogP contribution is -2.51. The molecule has 1 saturated heterocycles. The van der Waals surface area contributed by atoms with Crippen LogP contribution in [0.15, 0.2) is 28.8 Å². The number of carbonyl (C=O) groups excluding carboxylic acids is 2. The van der Waals surface area contributed by atoms with Crippen molar-refractivity contribution in [2.24, 2.45) is 0 Å². The summed E-state index contributed by atoms with van der Waals surface area (Å²) in [6, 6.07) is 7.23. The molecule has 2 heterocycles. The Bertz CT molecular complexity index is 852. The number of benzene rings is 1. The topological polar surface area (TPSA) is 87.9 Å². The Balaban J connectivity index is 1.52. The molecule has 1 aliphatic heterocycles. The fourth-order valence-electron chi connectivity index (χ4n) is 3.40. The minimum atomic E-state index is -0.0205. The lowest BCUT2D eigenvalue weighted by atomic mass is 10.1. The highest BCUT2D eigenvalue weighted by Crippen LogP contribution is 2.19. The molecule has 1 aromatic carbocycles. The van der Waals surface area contributed by atoms with Gasteiger partial charge in [-0.15, -0.1) is 0 Å². The SMILES string of the molecule is CCCNC(=O)CN1CCN(C(=O)c2cccc(OCc3c(C)noc3C)c2)CC1. The van der Waals surface area contributed by atoms with E-state index in [0.29, 0.717) is 57.2 Å². The summed E-state index contributed by atoms with van der Waals surface area (Å²) >= 11 is 0. The van der Waals surface area contributed by atoms with Crippen LogP contribution >= 0.6 is 0 Å². The zero-order chi connectivity index (χ0) is 21.5. The maximum absolute atomic E-state index is 12.9. The molecule has 0 radical (unpaired) electrons. The van der Waals surface area contributed by atoms with Crippen LogP contribution in [0.1, 0.15) is 40.7 Å². The molecule has 3 rings (SSSR count). The number of rotatable bonds is 8. The third-order valence-electron chi connectivity index (χ3n) is 5.24. The normalized spacial score (nSPS) is 14.6. The fraction of sp³-hybridized carbons (Fsp3) is 0.500. The van der Waals surface area contributed by atoms with Gasteiger partial charge in [-0.1, -0.05) is 18.1 Å². The van der Waals surface area contributed by atoms with Crippen LogP contribution in [0.2, 0.25) is 0 Å². The number of hydrogen-bond donors (Lipinski definition) is 1. The smallest absolute Gasteiger partial charge is 0.254 e. The van der Waals surface area contributed by atoms with E-state index in [4.69, 9.17) is 9.26 Å². The third kappa shape index (κ3) is 5.60. The Morgan fingerprint density at radius 1 is 1.20 bits per heavy atom. The molecule has 0 atom stereocenters. The molecule has 1 N–H and O–H groups in total. The first-order valence-corrected chi connectivity index (χ1v) is 10.4. The van der Waals surface area contributed by atoms with E-state index in [0.717, 1.165) is 23.4 Å². The van der Waals surface area contributed by atoms with Gasteiger partial charge in [0.2, 0.25) is 5.91 Å². The molecule has 2 aromatic rings. The van der Waals surface area contributed by atoms with Gasteiger partial charge >= 0.3 is 0 Å². The third-order valence-corrected chi connectivity index (χ3v) is 5.24. The van der Waals surface area contributed by atoms with E-state index in [1.54, 1.807) is 12.1 Å². The summed E-state index contributed by atoms with van der Waals surface area (Å²) in [5.41, 5.74) is 2.33. The van der Waals surface area contributed by atoms with Crippen molar-refractivity contribution in [1.29, 1.82) is 0 Å². The highest BCUT2D eigenvalue weighted by atomic mass is 16.5. The zero-order valence-corrected chi connectivity index (χ0v) is 17.9. The van der Waals surface area contributed by atoms with Crippen LogP contribution in [0.3, 0.4) is 0 Å². The molecule has 162 valence electrons. The van der Waals surface area contributed by atoms with Crippen LogP contribution in [0.5, 0.6) is 5.75 Å². The van der Waals surface area contributed by atoms with E-state index in [2.05, 4.69) is 15.4 Å². The van der Waals surface area contributed by atoms with Crippen LogP contribution in [-0.2, 0) is 11.4 Å². The van der Waals surface area contributed by atoms with Gasteiger partial charge in [0.1, 0.15) is 18.1 Å². The van der Waals surface area contributed by atoms with Gasteiger partial charge in [-0.3, -0.25) is 14.5 Å². The van der Waals surface area contributed by atoms with Crippen molar-refractivity contribution < 1.29 is 18.8 Å². The fourth-order valence-corrected chi connectivity index (χ4v) is 3.40. The number of aromatic nitrogens is 1. The molecule has 1 aromatic heterocycles. The monoisotopic (exact) mass is 414 g/mol. The van der Waals surface area contributed by atoms with Crippen LogP contribution in [0.25, 0.3) is 0 Å². The van der Waals surface area contributed by atoms with Crippen LogP contribution in [0.4, 0.5) is 0 Å². The summed E-state index contributed by atoms with van der Waals surface area (Å²) in [6.45, 7) is 9.77. The minimum absolute atomic E-state index is 0.0205. The first-order valence-electron chi connectivity index (χ1n) is 10.4. The zero-order valence-electron chi connectivity index (χ0n) is 17.9. The standard InChI is InChI=1S/C22H30N4O4/c1-4-8-23-21(27)14-25-9-11-26(12-10-25)22(28)18-6-5-7-19(13-18)29-15-20-16(2)24-30-17(20)3/h5-7,13H,4,8-12,14-15H2,1-3H3,(H,23,27). The van der Waals surface area contributed by atoms with Gasteiger partial charge in [-0.25, -0.2) is 0 Å². The average molecular weight is 415 g/mol. The number of nitrogens with one attached hydrogen (secondary N) is 1. The van der Waals surface area contributed by atoms with Crippen molar-refractivity contribution in [3.63, 3.8) is 0 Å². The Morgan fingerprint density at radius 2 is 1.97 bits per heavy atom. The van der Waals surface area contributed by atoms with Gasteiger partial charge in [0.05, 0.1) is 17.8 Å². The molecule has 8 heteroatoms. The van der Waals surface area contributed by atoms with Crippen LogP contribution in [0, 0.1) is 13.8 Å². The van der Waals surface area contributed by atoms with E-state index >= 15 is 0 Å². The molecule has 0 spiro atoms. The predicted octanol–water partition coefficient (Wildman–Crippen LogP) is 2.15. The quantitative estimate of drug-likeness (QED) is 0.712. The minimum Gasteiger partial charge on any atom is -0.489 e. The Kier molecular flexibility index (Phi) is 7.46. The maximum Gasteiger partial charge on any atom is 0.254 e. The van der Waals surface area contributed by atoms with Gasteiger partial charge in [0.25, 0.3) is 5.91 Å². The second kappa shape index (κ2) is 10.2. The summed E-state index contributed by atoms with van der Waals surface area (Å²) in [6.07, 6.45) is 0.926. The lowest BCUT2D eigenvalue weighted by Gasteiger charge is -2.34. The number of amides is 2. The van der Waals surface area contributed by atoms with E-state index in [1.807, 2.05) is 37.8 Å². The number of ether oxygens (including phenoxy) is 1. The molecular weight excluding hydrogens is 384 g/mol. The molecule has 0 saturated carbocycles. The van der Waals surface area contributed by atoms with Crippen LogP contribution in [-0.4, -0.2) is 66.0 Å². The first-order chi connectivity index (χ1) is 14.5. The van der Waals surface area contributed by atoms with Crippen molar-refractivity contribution in [2.75, 3.05) is 39.3 Å². The second-order valence-corrected chi connectivity index (χ2v) is 7.54. The van der Waals surface area contributed by atoms with Gasteiger partial charge in [-0.05, 0) is 38.5 Å². The van der Waals surface area contributed by atoms with Gasteiger partial charge in [-0.2, -0.15) is 0 Å². The summed E-state index contributed by atoms with van der Waals surface area (Å²) in [5.74, 6) is 1.39. The van der Waals surface area contributed by atoms with Gasteiger partial charge in [0, 0.05) is 38.3 Å². The second-order valence-electron chi connectivity index (χ2n) is 7.54. The molecular formula is C22H30N4O4. The Labute approximate surface area is 177 Å². The van der Waals surface area contributed by atoms with E-state index in [1.165, 1.54) is 0 Å². The number of carbonyl (C=O) groups is 2. The molecule has 0 bridgehead atoms. The van der Waals surface area contributed by atoms with E-state index in [9.17, 15) is 9.59 Å². The van der Waals surface area contributed by atoms with Crippen molar-refractivity contribution >= 4 is 11.8 Å². The van der Waals surface area contributed by atoms with Crippen molar-refractivity contribution in [3.05, 3.63) is 46.8 Å². The van der Waals surface area contributed by atoms with Crippen molar-refractivity contribution in [1.82, 2.24) is 20.3 Å². The number of piperazine rings is 1. The molecule has 2 amide bonds. The molecule has 8 nitrogen and oxygen atoms in total. The van der Waals surface area contributed by atoms with E-state index in [-0.39, 0.29) is 11.8 Å². The molecule has 1 aliphatic rings. The number of nitrogens with zero attached hydrogens (tertiary/aromatic N) is 3. The van der Waals surface area contributed by atoms with E-state index < -0.39 is 0 Å². The summed E-state index contributed by atoms with van der Waals surface area (Å²) in [5, 5.41) is 6.82. The maximum atomic E-state index is 12.9.